The van der Waals surface area contributed by atoms with Crippen LogP contribution in [-0.4, -0.2) is 87.1 Å². The van der Waals surface area contributed by atoms with Crippen molar-refractivity contribution in [2.24, 2.45) is 0 Å². The van der Waals surface area contributed by atoms with Crippen molar-refractivity contribution in [2.45, 2.75) is 6.92 Å². The van der Waals surface area contributed by atoms with Crippen LogP contribution in [0.1, 0.15) is 6.92 Å². The number of para-hydroxylation sites is 2. The van der Waals surface area contributed by atoms with Crippen LogP contribution in [0.5, 0.6) is 0 Å². The summed E-state index contributed by atoms with van der Waals surface area (Å²) in [5, 5.41) is 0. The van der Waals surface area contributed by atoms with Crippen LogP contribution in [0.3, 0.4) is 0 Å². The Hall–Kier alpha value is -2.61. The maximum Gasteiger partial charge on any atom is 0.242 e. The van der Waals surface area contributed by atoms with Gasteiger partial charge >= 0.3 is 0 Å². The van der Waals surface area contributed by atoms with Crippen molar-refractivity contribution in [2.75, 3.05) is 68.8 Å². The van der Waals surface area contributed by atoms with Crippen LogP contribution >= 0.6 is 0 Å². The zero-order valence-corrected chi connectivity index (χ0v) is 15.7. The highest BCUT2D eigenvalue weighted by atomic mass is 16.5. The lowest BCUT2D eigenvalue weighted by Crippen LogP contribution is -2.51. The maximum absolute atomic E-state index is 12.8. The molecule has 8 heteroatoms. The molecule has 2 aliphatic rings. The number of nitrogens with zero attached hydrogens (tertiary/aromatic N) is 4. The molecule has 2 fully saturated rings. The topological polar surface area (TPSA) is 73.4 Å². The molecule has 2 heterocycles. The van der Waals surface area contributed by atoms with Crippen LogP contribution in [0.25, 0.3) is 0 Å². The third kappa shape index (κ3) is 4.57. The standard InChI is InChI=1S/C19H26N4O4/c1-16(25)23(14-19(26)22-8-6-20(15-24)7-9-22)18-5-3-2-4-17(18)21-10-12-27-13-11-21/h2-5,15H,6-14H2,1H3. The van der Waals surface area contributed by atoms with E-state index in [1.807, 2.05) is 24.3 Å². The van der Waals surface area contributed by atoms with Gasteiger partial charge in [0.05, 0.1) is 24.6 Å². The number of carbonyl (C=O) groups is 3. The second-order valence-electron chi connectivity index (χ2n) is 6.72. The number of hydrogen-bond acceptors (Lipinski definition) is 5. The smallest absolute Gasteiger partial charge is 0.242 e. The van der Waals surface area contributed by atoms with Crippen molar-refractivity contribution in [3.8, 4) is 0 Å². The summed E-state index contributed by atoms with van der Waals surface area (Å²) >= 11 is 0. The number of ether oxygens (including phenoxy) is 1. The molecule has 0 N–H and O–H groups in total. The first-order valence-electron chi connectivity index (χ1n) is 9.27. The molecule has 0 aliphatic carbocycles. The number of morpholine rings is 1. The minimum absolute atomic E-state index is 0.00221. The number of rotatable bonds is 5. The Bertz CT molecular complexity index is 682. The van der Waals surface area contributed by atoms with E-state index in [9.17, 15) is 14.4 Å². The fourth-order valence-electron chi connectivity index (χ4n) is 3.44. The van der Waals surface area contributed by atoms with Gasteiger partial charge in [0, 0.05) is 46.2 Å². The Labute approximate surface area is 159 Å². The lowest BCUT2D eigenvalue weighted by molar-refractivity contribution is -0.134. The number of piperazine rings is 1. The quantitative estimate of drug-likeness (QED) is 0.688. The van der Waals surface area contributed by atoms with Crippen LogP contribution < -0.4 is 9.80 Å². The van der Waals surface area contributed by atoms with Gasteiger partial charge in [0.1, 0.15) is 6.54 Å². The summed E-state index contributed by atoms with van der Waals surface area (Å²) in [4.78, 5) is 43.0. The molecular formula is C19H26N4O4. The van der Waals surface area contributed by atoms with Gasteiger partial charge in [0.2, 0.25) is 18.2 Å². The Kier molecular flexibility index (Phi) is 6.28. The number of anilines is 2. The van der Waals surface area contributed by atoms with E-state index in [2.05, 4.69) is 4.90 Å². The predicted octanol–water partition coefficient (Wildman–Crippen LogP) is 0.177. The highest BCUT2D eigenvalue weighted by Gasteiger charge is 2.26. The molecule has 3 rings (SSSR count). The first kappa shape index (κ1) is 19.2. The molecule has 2 aliphatic heterocycles. The molecule has 0 spiro atoms. The van der Waals surface area contributed by atoms with Gasteiger partial charge in [0.25, 0.3) is 0 Å². The minimum atomic E-state index is -0.171. The second-order valence-corrected chi connectivity index (χ2v) is 6.72. The molecule has 1 aromatic rings. The summed E-state index contributed by atoms with van der Waals surface area (Å²) in [7, 11) is 0. The van der Waals surface area contributed by atoms with E-state index in [1.54, 1.807) is 14.7 Å². The van der Waals surface area contributed by atoms with E-state index in [1.165, 1.54) is 6.92 Å². The number of hydrogen-bond donors (Lipinski definition) is 0. The third-order valence-electron chi connectivity index (χ3n) is 5.01. The molecule has 0 atom stereocenters. The Morgan fingerprint density at radius 3 is 2.37 bits per heavy atom. The highest BCUT2D eigenvalue weighted by molar-refractivity contribution is 6.00. The molecular weight excluding hydrogens is 348 g/mol. The number of benzene rings is 1. The average Bonchev–Trinajstić information content (AvgIpc) is 2.72. The predicted molar refractivity (Wildman–Crippen MR) is 102 cm³/mol. The van der Waals surface area contributed by atoms with E-state index in [0.717, 1.165) is 30.9 Å². The van der Waals surface area contributed by atoms with Gasteiger partial charge in [-0.25, -0.2) is 0 Å². The molecule has 0 saturated carbocycles. The highest BCUT2D eigenvalue weighted by Crippen LogP contribution is 2.30. The third-order valence-corrected chi connectivity index (χ3v) is 5.01. The summed E-state index contributed by atoms with van der Waals surface area (Å²) in [6.45, 7) is 6.32. The summed E-state index contributed by atoms with van der Waals surface area (Å²) < 4.78 is 5.42. The first-order chi connectivity index (χ1) is 13.1. The number of carbonyl (C=O) groups excluding carboxylic acids is 3. The molecule has 8 nitrogen and oxygen atoms in total. The zero-order valence-electron chi connectivity index (χ0n) is 15.7. The summed E-state index contributed by atoms with van der Waals surface area (Å²) in [6.07, 6.45) is 0.808. The fourth-order valence-corrected chi connectivity index (χ4v) is 3.44. The van der Waals surface area contributed by atoms with Crippen molar-refractivity contribution in [1.29, 1.82) is 0 Å². The van der Waals surface area contributed by atoms with E-state index in [-0.39, 0.29) is 18.4 Å². The Morgan fingerprint density at radius 2 is 1.74 bits per heavy atom. The molecule has 2 saturated heterocycles. The van der Waals surface area contributed by atoms with E-state index in [4.69, 9.17) is 4.74 Å². The van der Waals surface area contributed by atoms with Gasteiger partial charge in [0.15, 0.2) is 0 Å². The van der Waals surface area contributed by atoms with Crippen molar-refractivity contribution in [3.05, 3.63) is 24.3 Å². The van der Waals surface area contributed by atoms with Crippen molar-refractivity contribution >= 4 is 29.6 Å². The molecule has 3 amide bonds. The van der Waals surface area contributed by atoms with Gasteiger partial charge < -0.3 is 24.3 Å². The Morgan fingerprint density at radius 1 is 1.07 bits per heavy atom. The Balaban J connectivity index is 1.75. The molecule has 0 bridgehead atoms. The number of amides is 3. The molecule has 0 radical (unpaired) electrons. The fraction of sp³-hybridized carbons (Fsp3) is 0.526. The van der Waals surface area contributed by atoms with E-state index >= 15 is 0 Å². The summed E-state index contributed by atoms with van der Waals surface area (Å²) in [6, 6.07) is 7.67. The van der Waals surface area contributed by atoms with E-state index < -0.39 is 0 Å². The zero-order chi connectivity index (χ0) is 19.2. The largest absolute Gasteiger partial charge is 0.378 e. The van der Waals surface area contributed by atoms with Gasteiger partial charge in [-0.1, -0.05) is 12.1 Å². The van der Waals surface area contributed by atoms with Gasteiger partial charge in [-0.3, -0.25) is 14.4 Å². The summed E-state index contributed by atoms with van der Waals surface area (Å²) in [5.41, 5.74) is 1.68. The maximum atomic E-state index is 12.8. The first-order valence-corrected chi connectivity index (χ1v) is 9.27. The molecule has 146 valence electrons. The van der Waals surface area contributed by atoms with Crippen LogP contribution in [0.2, 0.25) is 0 Å². The van der Waals surface area contributed by atoms with Crippen molar-refractivity contribution in [3.63, 3.8) is 0 Å². The molecule has 1 aromatic carbocycles. The van der Waals surface area contributed by atoms with Gasteiger partial charge in [-0.2, -0.15) is 0 Å². The van der Waals surface area contributed by atoms with Gasteiger partial charge in [-0.15, -0.1) is 0 Å². The average molecular weight is 374 g/mol. The van der Waals surface area contributed by atoms with Crippen molar-refractivity contribution < 1.29 is 19.1 Å². The minimum Gasteiger partial charge on any atom is -0.378 e. The van der Waals surface area contributed by atoms with Crippen LogP contribution in [0.15, 0.2) is 24.3 Å². The van der Waals surface area contributed by atoms with Crippen LogP contribution in [0.4, 0.5) is 11.4 Å². The molecule has 0 aromatic heterocycles. The SMILES string of the molecule is CC(=O)N(CC(=O)N1CCN(C=O)CC1)c1ccccc1N1CCOCC1. The molecule has 27 heavy (non-hydrogen) atoms. The van der Waals surface area contributed by atoms with Crippen LogP contribution in [0, 0.1) is 0 Å². The van der Waals surface area contributed by atoms with E-state index in [0.29, 0.717) is 39.4 Å². The molecule has 0 unspecified atom stereocenters. The summed E-state index contributed by atoms with van der Waals surface area (Å²) in [5.74, 6) is -0.275. The normalized spacial score (nSPS) is 17.6. The van der Waals surface area contributed by atoms with Gasteiger partial charge in [-0.05, 0) is 12.1 Å². The van der Waals surface area contributed by atoms with Crippen molar-refractivity contribution in [1.82, 2.24) is 9.80 Å². The van der Waals surface area contributed by atoms with Crippen LogP contribution in [-0.2, 0) is 19.1 Å². The lowest BCUT2D eigenvalue weighted by Gasteiger charge is -2.35. The second kappa shape index (κ2) is 8.85. The lowest BCUT2D eigenvalue weighted by atomic mass is 10.2. The monoisotopic (exact) mass is 374 g/mol.